The van der Waals surface area contributed by atoms with Crippen molar-refractivity contribution in [2.45, 2.75) is 25.0 Å². The van der Waals surface area contributed by atoms with Gasteiger partial charge in [0.15, 0.2) is 5.25 Å². The molecule has 1 unspecified atom stereocenters. The third-order valence-electron chi connectivity index (χ3n) is 2.50. The summed E-state index contributed by atoms with van der Waals surface area (Å²) in [5.41, 5.74) is 0. The Morgan fingerprint density at radius 1 is 1.22 bits per heavy atom. The molecule has 0 radical (unpaired) electrons. The van der Waals surface area contributed by atoms with Crippen LogP contribution in [-0.2, 0) is 29.1 Å². The predicted octanol–water partition coefficient (Wildman–Crippen LogP) is -0.237. The Kier molecular flexibility index (Phi) is 6.85. The van der Waals surface area contributed by atoms with E-state index in [0.717, 1.165) is 11.4 Å². The highest BCUT2D eigenvalue weighted by atomic mass is 32.2. The highest BCUT2D eigenvalue weighted by Gasteiger charge is 2.32. The molecule has 0 spiro atoms. The molecule has 18 heavy (non-hydrogen) atoms. The number of esters is 2. The summed E-state index contributed by atoms with van der Waals surface area (Å²) >= 11 is 0. The van der Waals surface area contributed by atoms with Gasteiger partial charge in [0.2, 0.25) is 10.0 Å². The molecule has 0 bridgehead atoms. The average Bonchev–Trinajstić information content (AvgIpc) is 2.36. The zero-order valence-corrected chi connectivity index (χ0v) is 11.8. The molecular formula is C10H19NO6S. The molecule has 0 aliphatic carbocycles. The Labute approximate surface area is 107 Å². The molecule has 1 atom stereocenters. The maximum absolute atomic E-state index is 11.9. The van der Waals surface area contributed by atoms with Gasteiger partial charge in [-0.3, -0.25) is 9.59 Å². The van der Waals surface area contributed by atoms with E-state index in [9.17, 15) is 18.0 Å². The van der Waals surface area contributed by atoms with E-state index >= 15 is 0 Å². The first kappa shape index (κ1) is 16.9. The first-order valence-electron chi connectivity index (χ1n) is 5.37. The highest BCUT2D eigenvalue weighted by molar-refractivity contribution is 7.90. The van der Waals surface area contributed by atoms with E-state index in [4.69, 9.17) is 0 Å². The number of carbonyl (C=O) groups excluding carboxylic acids is 2. The van der Waals surface area contributed by atoms with Crippen LogP contribution in [0.2, 0.25) is 0 Å². The number of methoxy groups -OCH3 is 2. The zero-order valence-electron chi connectivity index (χ0n) is 11.0. The van der Waals surface area contributed by atoms with E-state index in [1.54, 1.807) is 0 Å². The van der Waals surface area contributed by atoms with Crippen molar-refractivity contribution in [1.82, 2.24) is 4.31 Å². The molecule has 0 fully saturated rings. The summed E-state index contributed by atoms with van der Waals surface area (Å²) in [6, 6.07) is 0. The van der Waals surface area contributed by atoms with Gasteiger partial charge in [0, 0.05) is 20.0 Å². The first-order valence-corrected chi connectivity index (χ1v) is 6.87. The van der Waals surface area contributed by atoms with Crippen LogP contribution in [0.5, 0.6) is 0 Å². The lowest BCUT2D eigenvalue weighted by Crippen LogP contribution is -2.40. The van der Waals surface area contributed by atoms with Gasteiger partial charge in [-0.1, -0.05) is 0 Å². The molecule has 0 saturated carbocycles. The van der Waals surface area contributed by atoms with Crippen molar-refractivity contribution >= 4 is 22.0 Å². The van der Waals surface area contributed by atoms with Crippen LogP contribution in [0.4, 0.5) is 0 Å². The van der Waals surface area contributed by atoms with E-state index < -0.39 is 27.2 Å². The largest absolute Gasteiger partial charge is 0.469 e. The summed E-state index contributed by atoms with van der Waals surface area (Å²) in [4.78, 5) is 22.1. The third-order valence-corrected chi connectivity index (χ3v) is 4.63. The maximum atomic E-state index is 11.9. The van der Waals surface area contributed by atoms with Gasteiger partial charge in [-0.25, -0.2) is 12.7 Å². The Morgan fingerprint density at radius 3 is 2.22 bits per heavy atom. The predicted molar refractivity (Wildman–Crippen MR) is 64.3 cm³/mol. The van der Waals surface area contributed by atoms with E-state index in [0.29, 0.717) is 6.42 Å². The van der Waals surface area contributed by atoms with Gasteiger partial charge in [0.25, 0.3) is 0 Å². The van der Waals surface area contributed by atoms with Crippen LogP contribution in [0.25, 0.3) is 0 Å². The Morgan fingerprint density at radius 2 is 1.78 bits per heavy atom. The van der Waals surface area contributed by atoms with Gasteiger partial charge in [0.1, 0.15) is 0 Å². The van der Waals surface area contributed by atoms with Crippen LogP contribution < -0.4 is 0 Å². The van der Waals surface area contributed by atoms with Gasteiger partial charge in [0.05, 0.1) is 14.2 Å². The molecule has 0 aliphatic heterocycles. The number of carbonyl (C=O) groups is 2. The minimum atomic E-state index is -3.75. The molecule has 0 aromatic heterocycles. The van der Waals surface area contributed by atoms with Gasteiger partial charge >= 0.3 is 11.9 Å². The van der Waals surface area contributed by atoms with Crippen molar-refractivity contribution in [3.05, 3.63) is 0 Å². The normalized spacial score (nSPS) is 13.2. The van der Waals surface area contributed by atoms with Crippen LogP contribution in [0.15, 0.2) is 0 Å². The summed E-state index contributed by atoms with van der Waals surface area (Å²) in [5.74, 6) is -1.21. The van der Waals surface area contributed by atoms with Gasteiger partial charge in [-0.05, 0) is 13.3 Å². The van der Waals surface area contributed by atoms with E-state index in [1.807, 2.05) is 0 Å². The van der Waals surface area contributed by atoms with Crippen molar-refractivity contribution in [3.8, 4) is 0 Å². The van der Waals surface area contributed by atoms with Crippen LogP contribution in [-0.4, -0.2) is 57.7 Å². The van der Waals surface area contributed by atoms with Gasteiger partial charge < -0.3 is 9.47 Å². The second-order valence-corrected chi connectivity index (χ2v) is 6.07. The molecule has 8 heteroatoms. The van der Waals surface area contributed by atoms with Crippen LogP contribution in [0, 0.1) is 0 Å². The number of nitrogens with zero attached hydrogens (tertiary/aromatic N) is 1. The summed E-state index contributed by atoms with van der Waals surface area (Å²) in [6.07, 6.45) is 0.458. The number of hydrogen-bond acceptors (Lipinski definition) is 6. The van der Waals surface area contributed by atoms with Crippen molar-refractivity contribution in [2.24, 2.45) is 0 Å². The molecule has 0 rings (SSSR count). The fraction of sp³-hybridized carbons (Fsp3) is 0.800. The summed E-state index contributed by atoms with van der Waals surface area (Å²) in [7, 11) is 0.00147. The smallest absolute Gasteiger partial charge is 0.325 e. The van der Waals surface area contributed by atoms with E-state index in [2.05, 4.69) is 9.47 Å². The molecule has 0 N–H and O–H groups in total. The first-order chi connectivity index (χ1) is 8.27. The summed E-state index contributed by atoms with van der Waals surface area (Å²) in [6.45, 7) is 1.40. The van der Waals surface area contributed by atoms with Crippen molar-refractivity contribution in [1.29, 1.82) is 0 Å². The lowest BCUT2D eigenvalue weighted by Gasteiger charge is -2.20. The van der Waals surface area contributed by atoms with Crippen molar-refractivity contribution in [2.75, 3.05) is 27.8 Å². The zero-order chi connectivity index (χ0) is 14.3. The topological polar surface area (TPSA) is 90.0 Å². The quantitative estimate of drug-likeness (QED) is 0.598. The van der Waals surface area contributed by atoms with Gasteiger partial charge in [-0.15, -0.1) is 0 Å². The molecule has 7 nitrogen and oxygen atoms in total. The molecule has 0 heterocycles. The molecule has 0 aromatic carbocycles. The SMILES string of the molecule is COC(=O)CCCN(C)S(=O)(=O)C(C)C(=O)OC. The Balaban J connectivity index is 4.44. The van der Waals surface area contributed by atoms with Crippen LogP contribution in [0.1, 0.15) is 19.8 Å². The third kappa shape index (κ3) is 4.61. The molecule has 0 saturated heterocycles. The minimum absolute atomic E-state index is 0.128. The maximum Gasteiger partial charge on any atom is 0.325 e. The fourth-order valence-corrected chi connectivity index (χ4v) is 2.50. The highest BCUT2D eigenvalue weighted by Crippen LogP contribution is 2.09. The summed E-state index contributed by atoms with van der Waals surface area (Å²) in [5, 5.41) is -1.26. The Hall–Kier alpha value is -1.15. The number of sulfonamides is 1. The standard InChI is InChI=1S/C10H19NO6S/c1-8(10(13)17-4)18(14,15)11(2)7-5-6-9(12)16-3/h8H,5-7H2,1-4H3. The Bertz CT molecular complexity index is 391. The molecular weight excluding hydrogens is 262 g/mol. The van der Waals surface area contributed by atoms with E-state index in [1.165, 1.54) is 21.1 Å². The number of ether oxygens (including phenoxy) is 2. The molecule has 0 amide bonds. The second-order valence-electron chi connectivity index (χ2n) is 3.71. The van der Waals surface area contributed by atoms with Crippen LogP contribution >= 0.6 is 0 Å². The lowest BCUT2D eigenvalue weighted by molar-refractivity contribution is -0.141. The van der Waals surface area contributed by atoms with Crippen LogP contribution in [0.3, 0.4) is 0 Å². The molecule has 0 aliphatic rings. The fourth-order valence-electron chi connectivity index (χ4n) is 1.23. The second kappa shape index (κ2) is 7.32. The summed E-state index contributed by atoms with van der Waals surface area (Å²) < 4.78 is 33.6. The van der Waals surface area contributed by atoms with E-state index in [-0.39, 0.29) is 13.0 Å². The average molecular weight is 281 g/mol. The monoisotopic (exact) mass is 281 g/mol. The lowest BCUT2D eigenvalue weighted by atomic mass is 10.3. The molecule has 0 aromatic rings. The molecule has 106 valence electrons. The minimum Gasteiger partial charge on any atom is -0.469 e. The number of rotatable bonds is 7. The number of hydrogen-bond donors (Lipinski definition) is 0. The van der Waals surface area contributed by atoms with Crippen molar-refractivity contribution < 1.29 is 27.5 Å². The van der Waals surface area contributed by atoms with Crippen molar-refractivity contribution in [3.63, 3.8) is 0 Å². The van der Waals surface area contributed by atoms with Gasteiger partial charge in [-0.2, -0.15) is 0 Å².